The van der Waals surface area contributed by atoms with Gasteiger partial charge in [0.1, 0.15) is 10.6 Å². The summed E-state index contributed by atoms with van der Waals surface area (Å²) in [5.41, 5.74) is -1.46. The standard InChI is InChI=1S/C31H35NO4S/c1-18-14-24-23-9-8-20-15-21(33)10-12-29(20,2)27(23)25(34)16-30(24,3)31(18,36)26(35)17-37-28-22-7-5-4-6-19(22)11-13-32-28/h4-7,10-13,15,18,23-25,27,34,36H,8-9,14,16-17H2,1-3H3/t18-,23?,24?,25?,27?,29?,30?,31+/m1/s1. The van der Waals surface area contributed by atoms with Crippen LogP contribution in [0.25, 0.3) is 10.8 Å². The van der Waals surface area contributed by atoms with Gasteiger partial charge in [-0.1, -0.05) is 68.4 Å². The Bertz CT molecular complexity index is 1350. The molecule has 37 heavy (non-hydrogen) atoms. The van der Waals surface area contributed by atoms with Crippen molar-refractivity contribution < 1.29 is 19.8 Å². The molecular weight excluding hydrogens is 482 g/mol. The number of fused-ring (bicyclic) bond motifs is 6. The van der Waals surface area contributed by atoms with E-state index in [4.69, 9.17) is 0 Å². The third-order valence-corrected chi connectivity index (χ3v) is 11.5. The minimum absolute atomic E-state index is 0.0196. The maximum atomic E-state index is 13.9. The number of carbonyl (C=O) groups is 2. The van der Waals surface area contributed by atoms with Crippen molar-refractivity contribution in [2.75, 3.05) is 5.75 Å². The number of nitrogens with zero attached hydrogens (tertiary/aromatic N) is 1. The van der Waals surface area contributed by atoms with Crippen LogP contribution in [0, 0.1) is 34.5 Å². The molecule has 6 heteroatoms. The summed E-state index contributed by atoms with van der Waals surface area (Å²) in [6.45, 7) is 6.18. The fraction of sp³-hybridized carbons (Fsp3) is 0.516. The molecule has 194 valence electrons. The Labute approximate surface area is 222 Å². The number of aliphatic hydroxyl groups excluding tert-OH is 1. The van der Waals surface area contributed by atoms with Gasteiger partial charge >= 0.3 is 0 Å². The Balaban J connectivity index is 1.29. The number of aliphatic hydroxyl groups is 2. The van der Waals surface area contributed by atoms with E-state index in [-0.39, 0.29) is 46.4 Å². The van der Waals surface area contributed by atoms with E-state index in [1.807, 2.05) is 50.3 Å². The molecule has 0 saturated heterocycles. The van der Waals surface area contributed by atoms with Crippen molar-refractivity contribution in [3.8, 4) is 0 Å². The van der Waals surface area contributed by atoms with Gasteiger partial charge in [-0.05, 0) is 67.0 Å². The van der Waals surface area contributed by atoms with Crippen molar-refractivity contribution in [2.45, 2.75) is 63.2 Å². The van der Waals surface area contributed by atoms with Crippen molar-refractivity contribution in [3.63, 3.8) is 0 Å². The van der Waals surface area contributed by atoms with Crippen LogP contribution in [-0.2, 0) is 9.59 Å². The van der Waals surface area contributed by atoms with Crippen molar-refractivity contribution in [1.29, 1.82) is 0 Å². The zero-order valence-electron chi connectivity index (χ0n) is 21.7. The van der Waals surface area contributed by atoms with Crippen LogP contribution in [-0.4, -0.2) is 44.2 Å². The summed E-state index contributed by atoms with van der Waals surface area (Å²) in [7, 11) is 0. The summed E-state index contributed by atoms with van der Waals surface area (Å²) >= 11 is 1.39. The molecule has 4 aliphatic rings. The van der Waals surface area contributed by atoms with Crippen LogP contribution in [0.3, 0.4) is 0 Å². The molecule has 2 N–H and O–H groups in total. The van der Waals surface area contributed by atoms with E-state index in [0.717, 1.165) is 40.6 Å². The van der Waals surface area contributed by atoms with Gasteiger partial charge in [0.15, 0.2) is 11.6 Å². The quantitative estimate of drug-likeness (QED) is 0.546. The van der Waals surface area contributed by atoms with Gasteiger partial charge in [0.05, 0.1) is 11.9 Å². The van der Waals surface area contributed by atoms with Crippen molar-refractivity contribution in [1.82, 2.24) is 4.98 Å². The minimum Gasteiger partial charge on any atom is -0.393 e. The molecule has 0 amide bonds. The molecule has 1 aromatic carbocycles. The molecule has 0 radical (unpaired) electrons. The number of hydrogen-bond donors (Lipinski definition) is 2. The second-order valence-electron chi connectivity index (χ2n) is 12.2. The van der Waals surface area contributed by atoms with Gasteiger partial charge < -0.3 is 10.2 Å². The second-order valence-corrected chi connectivity index (χ2v) is 13.1. The van der Waals surface area contributed by atoms with E-state index >= 15 is 0 Å². The number of rotatable bonds is 4. The first-order chi connectivity index (χ1) is 17.6. The van der Waals surface area contributed by atoms with Gasteiger partial charge in [-0.3, -0.25) is 9.59 Å². The summed E-state index contributed by atoms with van der Waals surface area (Å²) in [6.07, 6.45) is 9.33. The molecule has 1 aromatic heterocycles. The third-order valence-electron chi connectivity index (χ3n) is 10.5. The number of hydrogen-bond acceptors (Lipinski definition) is 6. The van der Waals surface area contributed by atoms with E-state index < -0.39 is 17.1 Å². The molecule has 8 atom stereocenters. The zero-order chi connectivity index (χ0) is 26.2. The number of ketones is 2. The highest BCUT2D eigenvalue weighted by Crippen LogP contribution is 2.68. The Morgan fingerprint density at radius 3 is 2.81 bits per heavy atom. The van der Waals surface area contributed by atoms with Crippen LogP contribution in [0.2, 0.25) is 0 Å². The largest absolute Gasteiger partial charge is 0.393 e. The number of carbonyl (C=O) groups excluding carboxylic acids is 2. The van der Waals surface area contributed by atoms with Gasteiger partial charge in [-0.25, -0.2) is 4.98 Å². The average molecular weight is 518 g/mol. The van der Waals surface area contributed by atoms with Gasteiger partial charge in [0.25, 0.3) is 0 Å². The molecule has 2 aromatic rings. The highest BCUT2D eigenvalue weighted by Gasteiger charge is 2.70. The van der Waals surface area contributed by atoms with Crippen molar-refractivity contribution in [2.24, 2.45) is 34.5 Å². The SMILES string of the molecule is C[C@@H]1CC2C3CCC4=CC(=O)C=CC4(C)C3C(O)CC2(C)[C@@]1(O)C(=O)CSc1nccc2ccccc12. The van der Waals surface area contributed by atoms with Crippen LogP contribution in [0.4, 0.5) is 0 Å². The van der Waals surface area contributed by atoms with Crippen molar-refractivity contribution in [3.05, 3.63) is 60.3 Å². The number of aromatic nitrogens is 1. The van der Waals surface area contributed by atoms with E-state index in [9.17, 15) is 19.8 Å². The molecular formula is C31H35NO4S. The monoisotopic (exact) mass is 517 g/mol. The first-order valence-corrected chi connectivity index (χ1v) is 14.4. The Morgan fingerprint density at radius 2 is 2.00 bits per heavy atom. The molecule has 6 rings (SSSR count). The Hall–Kier alpha value is -2.28. The van der Waals surface area contributed by atoms with Crippen LogP contribution in [0.15, 0.2) is 65.4 Å². The highest BCUT2D eigenvalue weighted by atomic mass is 32.2. The Kier molecular flexibility index (Phi) is 5.83. The van der Waals surface area contributed by atoms with E-state index in [1.54, 1.807) is 18.3 Å². The van der Waals surface area contributed by atoms with Gasteiger partial charge in [-0.2, -0.15) is 0 Å². The Morgan fingerprint density at radius 1 is 1.22 bits per heavy atom. The van der Waals surface area contributed by atoms with Gasteiger partial charge in [0.2, 0.25) is 0 Å². The van der Waals surface area contributed by atoms with E-state index in [0.29, 0.717) is 6.42 Å². The summed E-state index contributed by atoms with van der Waals surface area (Å²) < 4.78 is 0. The number of allylic oxidation sites excluding steroid dienone is 4. The van der Waals surface area contributed by atoms with E-state index in [1.165, 1.54) is 11.8 Å². The maximum Gasteiger partial charge on any atom is 0.178 e. The van der Waals surface area contributed by atoms with Crippen LogP contribution >= 0.6 is 11.8 Å². The fourth-order valence-corrected chi connectivity index (χ4v) is 9.67. The lowest BCUT2D eigenvalue weighted by Gasteiger charge is -2.59. The zero-order valence-corrected chi connectivity index (χ0v) is 22.5. The molecule has 0 bridgehead atoms. The number of thioether (sulfide) groups is 1. The lowest BCUT2D eigenvalue weighted by Crippen LogP contribution is -2.62. The van der Waals surface area contributed by atoms with Gasteiger partial charge in [-0.15, -0.1) is 0 Å². The summed E-state index contributed by atoms with van der Waals surface area (Å²) in [6, 6.07) is 9.96. The maximum absolute atomic E-state index is 13.9. The predicted octanol–water partition coefficient (Wildman–Crippen LogP) is 5.15. The van der Waals surface area contributed by atoms with Crippen molar-refractivity contribution >= 4 is 34.1 Å². The molecule has 5 nitrogen and oxygen atoms in total. The molecule has 4 aliphatic carbocycles. The molecule has 3 fully saturated rings. The van der Waals surface area contributed by atoms with E-state index in [2.05, 4.69) is 11.9 Å². The lowest BCUT2D eigenvalue weighted by atomic mass is 9.46. The predicted molar refractivity (Wildman–Crippen MR) is 145 cm³/mol. The number of Topliss-reactive ketones (excluding diaryl/α,β-unsaturated/α-hetero) is 1. The summed E-state index contributed by atoms with van der Waals surface area (Å²) in [5, 5.41) is 26.8. The molecule has 3 saturated carbocycles. The fourth-order valence-electron chi connectivity index (χ4n) is 8.70. The normalized spacial score (nSPS) is 40.6. The van der Waals surface area contributed by atoms with Crippen LogP contribution in [0.5, 0.6) is 0 Å². The van der Waals surface area contributed by atoms with Crippen LogP contribution < -0.4 is 0 Å². The van der Waals surface area contributed by atoms with Crippen LogP contribution in [0.1, 0.15) is 46.5 Å². The first-order valence-electron chi connectivity index (χ1n) is 13.4. The molecule has 0 spiro atoms. The smallest absolute Gasteiger partial charge is 0.178 e. The third kappa shape index (κ3) is 3.48. The first kappa shape index (κ1) is 25.0. The average Bonchev–Trinajstić information content (AvgIpc) is 3.08. The summed E-state index contributed by atoms with van der Waals surface area (Å²) in [5.74, 6) is 0.100. The topological polar surface area (TPSA) is 87.5 Å². The molecule has 1 heterocycles. The molecule has 6 unspecified atom stereocenters. The highest BCUT2D eigenvalue weighted by molar-refractivity contribution is 8.00. The minimum atomic E-state index is -1.50. The van der Waals surface area contributed by atoms with Gasteiger partial charge in [0, 0.05) is 28.3 Å². The number of benzene rings is 1. The summed E-state index contributed by atoms with van der Waals surface area (Å²) in [4.78, 5) is 30.5. The molecule has 0 aliphatic heterocycles. The lowest BCUT2D eigenvalue weighted by molar-refractivity contribution is -0.179. The second kappa shape index (κ2) is 8.62. The number of pyridine rings is 1.